The summed E-state index contributed by atoms with van der Waals surface area (Å²) in [5.41, 5.74) is 4.38. The van der Waals surface area contributed by atoms with E-state index in [0.29, 0.717) is 22.9 Å². The van der Waals surface area contributed by atoms with Crippen LogP contribution in [0, 0.1) is 0 Å². The molecule has 0 atom stereocenters. The van der Waals surface area contributed by atoms with Gasteiger partial charge in [-0.2, -0.15) is 0 Å². The maximum Gasteiger partial charge on any atom is 0.268 e. The fraction of sp³-hybridized carbons (Fsp3) is 0.174. The second-order valence-corrected chi connectivity index (χ2v) is 8.00. The molecule has 0 aliphatic heterocycles. The van der Waals surface area contributed by atoms with Crippen LogP contribution in [0.3, 0.4) is 0 Å². The average Bonchev–Trinajstić information content (AvgIpc) is 3.54. The molecule has 0 unspecified atom stereocenters. The van der Waals surface area contributed by atoms with Gasteiger partial charge >= 0.3 is 0 Å². The average molecular weight is 417 g/mol. The van der Waals surface area contributed by atoms with Crippen LogP contribution in [-0.4, -0.2) is 15.9 Å². The second kappa shape index (κ2) is 8.12. The zero-order chi connectivity index (χ0) is 20.3. The molecule has 0 spiro atoms. The van der Waals surface area contributed by atoms with Gasteiger partial charge < -0.3 is 9.15 Å². The third-order valence-electron chi connectivity index (χ3n) is 5.01. The van der Waals surface area contributed by atoms with Gasteiger partial charge in [0, 0.05) is 11.8 Å². The lowest BCUT2D eigenvalue weighted by Crippen LogP contribution is -2.13. The Morgan fingerprint density at radius 1 is 1.17 bits per heavy atom. The maximum absolute atomic E-state index is 12.6. The molecule has 6 nitrogen and oxygen atoms in total. The molecule has 0 bridgehead atoms. The van der Waals surface area contributed by atoms with Crippen LogP contribution in [-0.2, 0) is 19.4 Å². The third-order valence-corrected chi connectivity index (χ3v) is 5.99. The van der Waals surface area contributed by atoms with Crippen LogP contribution in [0.25, 0.3) is 11.5 Å². The molecule has 5 rings (SSSR count). The van der Waals surface area contributed by atoms with Crippen LogP contribution in [0.5, 0.6) is 5.75 Å². The molecule has 1 aliphatic carbocycles. The van der Waals surface area contributed by atoms with Crippen molar-refractivity contribution in [3.63, 3.8) is 0 Å². The molecule has 0 radical (unpaired) electrons. The summed E-state index contributed by atoms with van der Waals surface area (Å²) < 4.78 is 11.3. The number of benzene rings is 1. The van der Waals surface area contributed by atoms with Crippen molar-refractivity contribution in [1.82, 2.24) is 9.97 Å². The zero-order valence-corrected chi connectivity index (χ0v) is 16.9. The lowest BCUT2D eigenvalue weighted by Gasteiger charge is -2.07. The van der Waals surface area contributed by atoms with Gasteiger partial charge in [0.05, 0.1) is 11.1 Å². The number of aromatic nitrogens is 2. The van der Waals surface area contributed by atoms with Crippen LogP contribution in [0.2, 0.25) is 0 Å². The number of amides is 1. The molecule has 3 aromatic heterocycles. The van der Waals surface area contributed by atoms with Crippen molar-refractivity contribution in [2.75, 3.05) is 5.32 Å². The number of thiophene rings is 1. The van der Waals surface area contributed by atoms with Crippen LogP contribution in [0.15, 0.2) is 64.7 Å². The van der Waals surface area contributed by atoms with Crippen LogP contribution >= 0.6 is 11.3 Å². The van der Waals surface area contributed by atoms with E-state index in [0.717, 1.165) is 24.2 Å². The summed E-state index contributed by atoms with van der Waals surface area (Å²) in [6.45, 7) is 0.424. The molecule has 0 saturated carbocycles. The first-order valence-electron chi connectivity index (χ1n) is 9.75. The summed E-state index contributed by atoms with van der Waals surface area (Å²) in [5.74, 6) is 1.48. The second-order valence-electron chi connectivity index (χ2n) is 7.09. The molecule has 150 valence electrons. The molecule has 1 aromatic carbocycles. The van der Waals surface area contributed by atoms with E-state index in [1.807, 2.05) is 17.5 Å². The Balaban J connectivity index is 1.22. The highest BCUT2D eigenvalue weighted by molar-refractivity contribution is 7.12. The lowest BCUT2D eigenvalue weighted by atomic mass is 10.1. The molecule has 1 N–H and O–H groups in total. The number of nitrogens with zero attached hydrogens (tertiary/aromatic N) is 2. The van der Waals surface area contributed by atoms with E-state index in [4.69, 9.17) is 9.15 Å². The lowest BCUT2D eigenvalue weighted by molar-refractivity contribution is 0.102. The van der Waals surface area contributed by atoms with Gasteiger partial charge in [0.2, 0.25) is 5.95 Å². The number of hydrogen-bond donors (Lipinski definition) is 1. The Bertz CT molecular complexity index is 1180. The summed E-state index contributed by atoms with van der Waals surface area (Å²) in [6, 6.07) is 13.5. The number of hydrogen-bond acceptors (Lipinski definition) is 6. The molecule has 3 heterocycles. The summed E-state index contributed by atoms with van der Waals surface area (Å²) >= 11 is 1.37. The van der Waals surface area contributed by atoms with Gasteiger partial charge in [0.1, 0.15) is 18.1 Å². The molecule has 0 saturated heterocycles. The summed E-state index contributed by atoms with van der Waals surface area (Å²) in [7, 11) is 0. The number of furan rings is 1. The minimum Gasteiger partial charge on any atom is -0.489 e. The largest absolute Gasteiger partial charge is 0.489 e. The summed E-state index contributed by atoms with van der Waals surface area (Å²) in [6.07, 6.45) is 6.67. The first-order valence-corrected chi connectivity index (χ1v) is 10.6. The minimum absolute atomic E-state index is 0.234. The molecule has 4 aromatic rings. The van der Waals surface area contributed by atoms with Crippen molar-refractivity contribution in [2.24, 2.45) is 0 Å². The topological polar surface area (TPSA) is 77.3 Å². The third kappa shape index (κ3) is 3.97. The number of carbonyl (C=O) groups is 1. The van der Waals surface area contributed by atoms with Crippen molar-refractivity contribution in [1.29, 1.82) is 0 Å². The van der Waals surface area contributed by atoms with Gasteiger partial charge in [0.25, 0.3) is 5.91 Å². The van der Waals surface area contributed by atoms with E-state index < -0.39 is 0 Å². The van der Waals surface area contributed by atoms with Crippen molar-refractivity contribution in [2.45, 2.75) is 25.9 Å². The SMILES string of the molecule is O=C(Nc1nccc(-c2ccco2)n1)c1cc(COc2ccc3c(c2)CCC3)cs1. The van der Waals surface area contributed by atoms with Gasteiger partial charge in [-0.15, -0.1) is 11.3 Å². The first-order chi connectivity index (χ1) is 14.7. The predicted molar refractivity (Wildman–Crippen MR) is 115 cm³/mol. The quantitative estimate of drug-likeness (QED) is 0.471. The smallest absolute Gasteiger partial charge is 0.268 e. The predicted octanol–water partition coefficient (Wildman–Crippen LogP) is 5.12. The Hall–Kier alpha value is -3.45. The Morgan fingerprint density at radius 2 is 2.10 bits per heavy atom. The van der Waals surface area contributed by atoms with E-state index in [2.05, 4.69) is 27.4 Å². The van der Waals surface area contributed by atoms with Crippen LogP contribution in [0.1, 0.15) is 32.8 Å². The number of fused-ring (bicyclic) bond motifs is 1. The van der Waals surface area contributed by atoms with Crippen molar-refractivity contribution in [3.05, 3.63) is 81.9 Å². The molecule has 1 amide bonds. The van der Waals surface area contributed by atoms with E-state index in [9.17, 15) is 4.79 Å². The van der Waals surface area contributed by atoms with E-state index in [1.54, 1.807) is 30.7 Å². The Labute approximate surface area is 177 Å². The molecular weight excluding hydrogens is 398 g/mol. The fourth-order valence-electron chi connectivity index (χ4n) is 3.52. The first kappa shape index (κ1) is 18.6. The van der Waals surface area contributed by atoms with Gasteiger partial charge in [-0.05, 0) is 72.2 Å². The zero-order valence-electron chi connectivity index (χ0n) is 16.1. The van der Waals surface area contributed by atoms with Gasteiger partial charge in [-0.1, -0.05) is 6.07 Å². The molecule has 1 aliphatic rings. The summed E-state index contributed by atoms with van der Waals surface area (Å²) in [5, 5.41) is 4.68. The number of anilines is 1. The molecule has 30 heavy (non-hydrogen) atoms. The van der Waals surface area contributed by atoms with E-state index in [-0.39, 0.29) is 11.9 Å². The number of rotatable bonds is 6. The summed E-state index contributed by atoms with van der Waals surface area (Å²) in [4.78, 5) is 21.6. The highest BCUT2D eigenvalue weighted by Crippen LogP contribution is 2.27. The normalized spacial score (nSPS) is 12.5. The monoisotopic (exact) mass is 417 g/mol. The highest BCUT2D eigenvalue weighted by Gasteiger charge is 2.14. The molecular formula is C23H19N3O3S. The molecule has 0 fully saturated rings. The van der Waals surface area contributed by atoms with Gasteiger partial charge in [-0.3, -0.25) is 10.1 Å². The van der Waals surface area contributed by atoms with E-state index >= 15 is 0 Å². The van der Waals surface area contributed by atoms with Gasteiger partial charge in [-0.25, -0.2) is 9.97 Å². The van der Waals surface area contributed by atoms with Crippen molar-refractivity contribution < 1.29 is 13.9 Å². The number of nitrogens with one attached hydrogen (secondary N) is 1. The van der Waals surface area contributed by atoms with Crippen LogP contribution in [0.4, 0.5) is 5.95 Å². The number of aryl methyl sites for hydroxylation is 2. The number of carbonyl (C=O) groups excluding carboxylic acids is 1. The fourth-order valence-corrected chi connectivity index (χ4v) is 4.31. The highest BCUT2D eigenvalue weighted by atomic mass is 32.1. The van der Waals surface area contributed by atoms with Gasteiger partial charge in [0.15, 0.2) is 5.76 Å². The maximum atomic E-state index is 12.6. The number of ether oxygens (including phenoxy) is 1. The standard InChI is InChI=1S/C23H19N3O3S/c27-22(26-23-24-9-8-19(25-23)20-5-2-10-28-20)21-11-15(14-30-21)13-29-18-7-6-16-3-1-4-17(16)12-18/h2,5-12,14H,1,3-4,13H2,(H,24,25,26,27). The van der Waals surface area contributed by atoms with Crippen molar-refractivity contribution in [3.8, 4) is 17.2 Å². The molecule has 7 heteroatoms. The van der Waals surface area contributed by atoms with Crippen molar-refractivity contribution >= 4 is 23.2 Å². The van der Waals surface area contributed by atoms with E-state index in [1.165, 1.54) is 28.9 Å². The van der Waals surface area contributed by atoms with Crippen LogP contribution < -0.4 is 10.1 Å². The Kier molecular flexibility index (Phi) is 5.03. The minimum atomic E-state index is -0.250. The Morgan fingerprint density at radius 3 is 3.00 bits per heavy atom.